The molecule has 6 heteroatoms. The Bertz CT molecular complexity index is 1170. The van der Waals surface area contributed by atoms with Crippen LogP contribution in [0.5, 0.6) is 0 Å². The van der Waals surface area contributed by atoms with Crippen LogP contribution in [0.3, 0.4) is 0 Å². The quantitative estimate of drug-likeness (QED) is 0.418. The Morgan fingerprint density at radius 1 is 1.12 bits per heavy atom. The minimum absolute atomic E-state index is 0.0426. The van der Waals surface area contributed by atoms with Gasteiger partial charge in [0, 0.05) is 61.0 Å². The molecule has 2 aromatic heterocycles. The molecule has 1 aromatic carbocycles. The summed E-state index contributed by atoms with van der Waals surface area (Å²) in [5.41, 5.74) is 6.31. The van der Waals surface area contributed by atoms with E-state index in [2.05, 4.69) is 39.1 Å². The number of nitrogens with one attached hydrogen (secondary N) is 2. The van der Waals surface area contributed by atoms with Crippen LogP contribution in [-0.4, -0.2) is 21.6 Å². The third kappa shape index (κ3) is 7.25. The number of allylic oxidation sites excluding steroid dienone is 1. The molecule has 1 unspecified atom stereocenters. The van der Waals surface area contributed by atoms with Crippen LogP contribution in [0.15, 0.2) is 91.2 Å². The molecule has 2 heterocycles. The molecule has 0 radical (unpaired) electrons. The lowest BCUT2D eigenvalue weighted by Crippen LogP contribution is -2.14. The van der Waals surface area contributed by atoms with Gasteiger partial charge in [-0.05, 0) is 73.4 Å². The smallest absolute Gasteiger partial charge is 0.257 e. The average Bonchev–Trinajstić information content (AvgIpc) is 2.82. The summed E-state index contributed by atoms with van der Waals surface area (Å²) in [5, 5.41) is 6.25. The first-order valence-electron chi connectivity index (χ1n) is 10.8. The summed E-state index contributed by atoms with van der Waals surface area (Å²) < 4.78 is 0. The summed E-state index contributed by atoms with van der Waals surface area (Å²) in [7, 11) is 0. The van der Waals surface area contributed by atoms with Gasteiger partial charge in [0.2, 0.25) is 0 Å². The monoisotopic (exact) mass is 439 g/mol. The maximum absolute atomic E-state index is 12.5. The molecule has 0 aliphatic carbocycles. The molecule has 0 bridgehead atoms. The van der Waals surface area contributed by atoms with Crippen LogP contribution >= 0.6 is 0 Å². The van der Waals surface area contributed by atoms with E-state index in [1.807, 2.05) is 62.5 Å². The van der Waals surface area contributed by atoms with Crippen molar-refractivity contribution in [3.05, 3.63) is 108 Å². The van der Waals surface area contributed by atoms with Crippen molar-refractivity contribution in [2.24, 2.45) is 4.99 Å². The SMILES string of the molecule is C=C(CC(C)=NC=CNC(C)c1cccc(NC(=O)c2cncc(C)c2)c1)c1ccncc1. The van der Waals surface area contributed by atoms with Crippen molar-refractivity contribution < 1.29 is 4.79 Å². The van der Waals surface area contributed by atoms with Gasteiger partial charge in [0.25, 0.3) is 5.91 Å². The van der Waals surface area contributed by atoms with Crippen molar-refractivity contribution in [1.82, 2.24) is 15.3 Å². The lowest BCUT2D eigenvalue weighted by atomic mass is 10.0. The van der Waals surface area contributed by atoms with Gasteiger partial charge in [0.15, 0.2) is 0 Å². The van der Waals surface area contributed by atoms with Crippen LogP contribution in [-0.2, 0) is 0 Å². The topological polar surface area (TPSA) is 79.3 Å². The Morgan fingerprint density at radius 3 is 2.67 bits per heavy atom. The minimum Gasteiger partial charge on any atom is -0.383 e. The molecular formula is C27H29N5O. The maximum Gasteiger partial charge on any atom is 0.257 e. The van der Waals surface area contributed by atoms with Gasteiger partial charge in [0.05, 0.1) is 5.56 Å². The van der Waals surface area contributed by atoms with Crippen LogP contribution in [0.2, 0.25) is 0 Å². The highest BCUT2D eigenvalue weighted by Gasteiger charge is 2.09. The largest absolute Gasteiger partial charge is 0.383 e. The van der Waals surface area contributed by atoms with E-state index < -0.39 is 0 Å². The Morgan fingerprint density at radius 2 is 1.91 bits per heavy atom. The number of aryl methyl sites for hydroxylation is 1. The van der Waals surface area contributed by atoms with Gasteiger partial charge in [-0.15, -0.1) is 0 Å². The number of nitrogens with zero attached hydrogens (tertiary/aromatic N) is 3. The Kier molecular flexibility index (Phi) is 8.24. The lowest BCUT2D eigenvalue weighted by molar-refractivity contribution is 0.102. The number of amides is 1. The molecule has 3 rings (SSSR count). The van der Waals surface area contributed by atoms with Crippen molar-refractivity contribution >= 4 is 22.9 Å². The van der Waals surface area contributed by atoms with Crippen molar-refractivity contribution in [3.8, 4) is 0 Å². The van der Waals surface area contributed by atoms with Gasteiger partial charge in [-0.25, -0.2) is 0 Å². The highest BCUT2D eigenvalue weighted by molar-refractivity contribution is 6.04. The Balaban J connectivity index is 1.54. The lowest BCUT2D eigenvalue weighted by Gasteiger charge is -2.14. The second-order valence-electron chi connectivity index (χ2n) is 7.92. The third-order valence-corrected chi connectivity index (χ3v) is 5.06. The van der Waals surface area contributed by atoms with Gasteiger partial charge in [-0.3, -0.25) is 19.8 Å². The molecular weight excluding hydrogens is 410 g/mol. The summed E-state index contributed by atoms with van der Waals surface area (Å²) in [4.78, 5) is 25.1. The van der Waals surface area contributed by atoms with Crippen LogP contribution in [0.4, 0.5) is 5.69 Å². The number of pyridine rings is 2. The fourth-order valence-corrected chi connectivity index (χ4v) is 3.26. The molecule has 0 aliphatic rings. The number of carbonyl (C=O) groups excluding carboxylic acids is 1. The van der Waals surface area contributed by atoms with Crippen LogP contribution < -0.4 is 10.6 Å². The number of rotatable bonds is 9. The normalized spacial score (nSPS) is 12.4. The number of anilines is 1. The van der Waals surface area contributed by atoms with Gasteiger partial charge in [0.1, 0.15) is 0 Å². The zero-order chi connectivity index (χ0) is 23.6. The molecule has 168 valence electrons. The Hall–Kier alpha value is -4.06. The molecule has 0 spiro atoms. The molecule has 0 saturated carbocycles. The van der Waals surface area contributed by atoms with E-state index in [1.54, 1.807) is 31.0 Å². The number of hydrogen-bond donors (Lipinski definition) is 2. The summed E-state index contributed by atoms with van der Waals surface area (Å²) in [6.45, 7) is 10.1. The van der Waals surface area contributed by atoms with Crippen LogP contribution in [0.1, 0.15) is 53.4 Å². The molecule has 33 heavy (non-hydrogen) atoms. The molecule has 6 nitrogen and oxygen atoms in total. The average molecular weight is 440 g/mol. The zero-order valence-electron chi connectivity index (χ0n) is 19.2. The van der Waals surface area contributed by atoms with E-state index in [0.717, 1.165) is 33.7 Å². The second kappa shape index (κ2) is 11.5. The van der Waals surface area contributed by atoms with E-state index in [-0.39, 0.29) is 11.9 Å². The molecule has 2 N–H and O–H groups in total. The highest BCUT2D eigenvalue weighted by atomic mass is 16.1. The number of hydrogen-bond acceptors (Lipinski definition) is 5. The van der Waals surface area contributed by atoms with Crippen molar-refractivity contribution in [2.45, 2.75) is 33.2 Å². The van der Waals surface area contributed by atoms with Gasteiger partial charge in [-0.1, -0.05) is 18.7 Å². The van der Waals surface area contributed by atoms with Gasteiger partial charge >= 0.3 is 0 Å². The Labute approximate surface area is 195 Å². The van der Waals surface area contributed by atoms with E-state index >= 15 is 0 Å². The summed E-state index contributed by atoms with van der Waals surface area (Å²) in [5.74, 6) is -0.179. The summed E-state index contributed by atoms with van der Waals surface area (Å²) in [6, 6.07) is 13.5. The molecule has 3 aromatic rings. The van der Waals surface area contributed by atoms with Crippen LogP contribution in [0, 0.1) is 6.92 Å². The zero-order valence-corrected chi connectivity index (χ0v) is 19.2. The first kappa shape index (κ1) is 23.6. The third-order valence-electron chi connectivity index (χ3n) is 5.06. The van der Waals surface area contributed by atoms with E-state index in [4.69, 9.17) is 0 Å². The first-order valence-corrected chi connectivity index (χ1v) is 10.8. The fourth-order valence-electron chi connectivity index (χ4n) is 3.26. The van der Waals surface area contributed by atoms with E-state index in [9.17, 15) is 4.79 Å². The first-order chi connectivity index (χ1) is 15.9. The number of aromatic nitrogens is 2. The van der Waals surface area contributed by atoms with Crippen LogP contribution in [0.25, 0.3) is 5.57 Å². The van der Waals surface area contributed by atoms with Crippen molar-refractivity contribution in [2.75, 3.05) is 5.32 Å². The summed E-state index contributed by atoms with van der Waals surface area (Å²) in [6.07, 6.45) is 11.1. The van der Waals surface area contributed by atoms with E-state index in [0.29, 0.717) is 12.0 Å². The van der Waals surface area contributed by atoms with Crippen molar-refractivity contribution in [3.63, 3.8) is 0 Å². The standard InChI is InChI=1S/C27H29N5O/c1-19-14-25(18-29-17-19)27(33)32-26-7-5-6-24(16-26)22(4)31-13-12-30-21(3)15-20(2)23-8-10-28-11-9-23/h5-14,16-18,22,31H,2,15H2,1,3-4H3,(H,32,33). The van der Waals surface area contributed by atoms with Gasteiger partial charge < -0.3 is 10.6 Å². The molecule has 0 aliphatic heterocycles. The van der Waals surface area contributed by atoms with Crippen molar-refractivity contribution in [1.29, 1.82) is 0 Å². The van der Waals surface area contributed by atoms with Gasteiger partial charge in [-0.2, -0.15) is 0 Å². The molecule has 1 atom stereocenters. The predicted octanol–water partition coefficient (Wildman–Crippen LogP) is 5.72. The molecule has 0 saturated heterocycles. The minimum atomic E-state index is -0.179. The number of benzene rings is 1. The second-order valence-corrected chi connectivity index (χ2v) is 7.92. The highest BCUT2D eigenvalue weighted by Crippen LogP contribution is 2.19. The van der Waals surface area contributed by atoms with E-state index in [1.165, 1.54) is 0 Å². The fraction of sp³-hybridized carbons (Fsp3) is 0.185. The molecule has 1 amide bonds. The maximum atomic E-state index is 12.5. The molecule has 0 fully saturated rings. The predicted molar refractivity (Wildman–Crippen MR) is 135 cm³/mol. The number of carbonyl (C=O) groups is 1. The summed E-state index contributed by atoms with van der Waals surface area (Å²) >= 11 is 0. The number of aliphatic imine (C=N–C) groups is 1.